The van der Waals surface area contributed by atoms with Crippen molar-refractivity contribution >= 4 is 11.7 Å². The van der Waals surface area contributed by atoms with E-state index in [-0.39, 0.29) is 5.97 Å². The predicted octanol–water partition coefficient (Wildman–Crippen LogP) is 2.02. The number of nitrogens with two attached hydrogens (primary N) is 1. The highest BCUT2D eigenvalue weighted by molar-refractivity contribution is 5.79. The average molecular weight is 264 g/mol. The smallest absolute Gasteiger partial charge is 0.325 e. The molecule has 0 amide bonds. The monoisotopic (exact) mass is 264 g/mol. The number of methoxy groups -OCH3 is 1. The van der Waals surface area contributed by atoms with Crippen LogP contribution in [-0.2, 0) is 9.53 Å². The summed E-state index contributed by atoms with van der Waals surface area (Å²) in [6.45, 7) is 6.55. The van der Waals surface area contributed by atoms with Crippen LogP contribution in [0.4, 0.5) is 5.69 Å². The lowest BCUT2D eigenvalue weighted by Crippen LogP contribution is -2.47. The SMILES string of the molecule is COC(=O)C(C)(N)CCN(C)c1cc(C)cc(C)c1. The molecule has 4 nitrogen and oxygen atoms in total. The molecule has 106 valence electrons. The fourth-order valence-corrected chi connectivity index (χ4v) is 2.04. The van der Waals surface area contributed by atoms with Gasteiger partial charge in [0.1, 0.15) is 5.54 Å². The van der Waals surface area contributed by atoms with Crippen LogP contribution in [0.2, 0.25) is 0 Å². The topological polar surface area (TPSA) is 55.6 Å². The van der Waals surface area contributed by atoms with Gasteiger partial charge >= 0.3 is 5.97 Å². The Bertz CT molecular complexity index is 435. The van der Waals surface area contributed by atoms with Gasteiger partial charge in [0.25, 0.3) is 0 Å². The number of ether oxygens (including phenoxy) is 1. The van der Waals surface area contributed by atoms with Crippen molar-refractivity contribution in [2.75, 3.05) is 25.6 Å². The highest BCUT2D eigenvalue weighted by Gasteiger charge is 2.29. The van der Waals surface area contributed by atoms with Crippen LogP contribution in [0.5, 0.6) is 0 Å². The molecule has 4 heteroatoms. The van der Waals surface area contributed by atoms with Gasteiger partial charge in [-0.15, -0.1) is 0 Å². The standard InChI is InChI=1S/C15H24N2O2/c1-11-8-12(2)10-13(9-11)17(4)7-6-15(3,16)14(18)19-5/h8-10H,6-7,16H2,1-5H3. The largest absolute Gasteiger partial charge is 0.468 e. The number of carbonyl (C=O) groups is 1. The third-order valence-corrected chi connectivity index (χ3v) is 3.27. The van der Waals surface area contributed by atoms with Crippen LogP contribution in [0.15, 0.2) is 18.2 Å². The Labute approximate surface area is 115 Å². The van der Waals surface area contributed by atoms with Crippen molar-refractivity contribution in [2.45, 2.75) is 32.7 Å². The molecule has 0 aliphatic heterocycles. The van der Waals surface area contributed by atoms with E-state index in [2.05, 4.69) is 36.9 Å². The lowest BCUT2D eigenvalue weighted by molar-refractivity contribution is -0.146. The van der Waals surface area contributed by atoms with Gasteiger partial charge in [0.05, 0.1) is 7.11 Å². The quantitative estimate of drug-likeness (QED) is 0.827. The van der Waals surface area contributed by atoms with Gasteiger partial charge in [-0.3, -0.25) is 4.79 Å². The molecule has 19 heavy (non-hydrogen) atoms. The number of hydrogen-bond donors (Lipinski definition) is 1. The van der Waals surface area contributed by atoms with Gasteiger partial charge in [0, 0.05) is 19.3 Å². The minimum atomic E-state index is -0.943. The molecular formula is C15H24N2O2. The van der Waals surface area contributed by atoms with Crippen LogP contribution in [-0.4, -0.2) is 32.2 Å². The third kappa shape index (κ3) is 4.24. The Morgan fingerprint density at radius 2 is 1.84 bits per heavy atom. The average Bonchev–Trinajstić information content (AvgIpc) is 2.33. The third-order valence-electron chi connectivity index (χ3n) is 3.27. The number of hydrogen-bond acceptors (Lipinski definition) is 4. The highest BCUT2D eigenvalue weighted by Crippen LogP contribution is 2.19. The lowest BCUT2D eigenvalue weighted by atomic mass is 9.99. The van der Waals surface area contributed by atoms with Gasteiger partial charge in [0.2, 0.25) is 0 Å². The van der Waals surface area contributed by atoms with E-state index in [1.807, 2.05) is 7.05 Å². The Kier molecular flexibility index (Phi) is 4.95. The molecule has 0 aliphatic carbocycles. The first-order chi connectivity index (χ1) is 8.76. The molecule has 0 saturated heterocycles. The fourth-order valence-electron chi connectivity index (χ4n) is 2.04. The molecule has 0 heterocycles. The maximum atomic E-state index is 11.5. The van der Waals surface area contributed by atoms with Crippen molar-refractivity contribution in [3.63, 3.8) is 0 Å². The van der Waals surface area contributed by atoms with Gasteiger partial charge < -0.3 is 15.4 Å². The molecule has 1 atom stereocenters. The first-order valence-corrected chi connectivity index (χ1v) is 6.43. The van der Waals surface area contributed by atoms with Crippen LogP contribution in [0.3, 0.4) is 0 Å². The first kappa shape index (κ1) is 15.5. The summed E-state index contributed by atoms with van der Waals surface area (Å²) in [4.78, 5) is 13.6. The van der Waals surface area contributed by atoms with E-state index in [4.69, 9.17) is 10.5 Å². The molecule has 0 fully saturated rings. The van der Waals surface area contributed by atoms with Crippen molar-refractivity contribution in [1.29, 1.82) is 0 Å². The van der Waals surface area contributed by atoms with E-state index >= 15 is 0 Å². The number of esters is 1. The number of anilines is 1. The summed E-state index contributed by atoms with van der Waals surface area (Å²) in [7, 11) is 3.36. The molecule has 1 unspecified atom stereocenters. The van der Waals surface area contributed by atoms with Gasteiger partial charge in [0.15, 0.2) is 0 Å². The molecule has 0 radical (unpaired) electrons. The minimum absolute atomic E-state index is 0.374. The van der Waals surface area contributed by atoms with E-state index in [0.29, 0.717) is 13.0 Å². The van der Waals surface area contributed by atoms with Crippen LogP contribution in [0.25, 0.3) is 0 Å². The number of nitrogens with zero attached hydrogens (tertiary/aromatic N) is 1. The summed E-state index contributed by atoms with van der Waals surface area (Å²) >= 11 is 0. The van der Waals surface area contributed by atoms with E-state index < -0.39 is 5.54 Å². The van der Waals surface area contributed by atoms with E-state index in [0.717, 1.165) is 5.69 Å². The second-order valence-electron chi connectivity index (χ2n) is 5.43. The van der Waals surface area contributed by atoms with Crippen molar-refractivity contribution in [2.24, 2.45) is 5.73 Å². The number of rotatable bonds is 5. The van der Waals surface area contributed by atoms with Crippen LogP contribution >= 0.6 is 0 Å². The molecule has 0 saturated carbocycles. The summed E-state index contributed by atoms with van der Waals surface area (Å²) in [5.41, 5.74) is 8.60. The van der Waals surface area contributed by atoms with Crippen LogP contribution in [0.1, 0.15) is 24.5 Å². The fraction of sp³-hybridized carbons (Fsp3) is 0.533. The second-order valence-corrected chi connectivity index (χ2v) is 5.43. The second kappa shape index (κ2) is 6.06. The Balaban J connectivity index is 2.70. The maximum Gasteiger partial charge on any atom is 0.325 e. The summed E-state index contributed by atoms with van der Waals surface area (Å²) in [6.07, 6.45) is 0.545. The van der Waals surface area contributed by atoms with E-state index in [1.54, 1.807) is 6.92 Å². The normalized spacial score (nSPS) is 13.8. The Morgan fingerprint density at radius 3 is 2.32 bits per heavy atom. The summed E-state index contributed by atoms with van der Waals surface area (Å²) in [5, 5.41) is 0. The molecule has 1 aromatic carbocycles. The van der Waals surface area contributed by atoms with E-state index in [9.17, 15) is 4.79 Å². The molecule has 1 aromatic rings. The van der Waals surface area contributed by atoms with Gasteiger partial charge in [-0.2, -0.15) is 0 Å². The number of aryl methyl sites for hydroxylation is 2. The zero-order chi connectivity index (χ0) is 14.6. The summed E-state index contributed by atoms with van der Waals surface area (Å²) in [6, 6.07) is 6.39. The zero-order valence-electron chi connectivity index (χ0n) is 12.5. The van der Waals surface area contributed by atoms with Crippen LogP contribution in [0, 0.1) is 13.8 Å². The van der Waals surface area contributed by atoms with Crippen molar-refractivity contribution < 1.29 is 9.53 Å². The van der Waals surface area contributed by atoms with Crippen molar-refractivity contribution in [3.8, 4) is 0 Å². The van der Waals surface area contributed by atoms with Gasteiger partial charge in [-0.25, -0.2) is 0 Å². The summed E-state index contributed by atoms with van der Waals surface area (Å²) in [5.74, 6) is -0.374. The Morgan fingerprint density at radius 1 is 1.32 bits per heavy atom. The zero-order valence-corrected chi connectivity index (χ0v) is 12.5. The lowest BCUT2D eigenvalue weighted by Gasteiger charge is -2.26. The molecular weight excluding hydrogens is 240 g/mol. The predicted molar refractivity (Wildman–Crippen MR) is 78.4 cm³/mol. The minimum Gasteiger partial charge on any atom is -0.468 e. The Hall–Kier alpha value is -1.55. The van der Waals surface area contributed by atoms with Gasteiger partial charge in [-0.1, -0.05) is 6.07 Å². The maximum absolute atomic E-state index is 11.5. The molecule has 0 aromatic heterocycles. The molecule has 0 spiro atoms. The summed E-state index contributed by atoms with van der Waals surface area (Å²) < 4.78 is 4.71. The molecule has 1 rings (SSSR count). The highest BCUT2D eigenvalue weighted by atomic mass is 16.5. The van der Waals surface area contributed by atoms with E-state index in [1.165, 1.54) is 18.2 Å². The van der Waals surface area contributed by atoms with Crippen molar-refractivity contribution in [1.82, 2.24) is 0 Å². The molecule has 0 bridgehead atoms. The number of carbonyl (C=O) groups excluding carboxylic acids is 1. The van der Waals surface area contributed by atoms with Crippen LogP contribution < -0.4 is 10.6 Å². The number of benzene rings is 1. The van der Waals surface area contributed by atoms with Crippen molar-refractivity contribution in [3.05, 3.63) is 29.3 Å². The van der Waals surface area contributed by atoms with Gasteiger partial charge in [-0.05, 0) is 50.5 Å². The molecule has 0 aliphatic rings. The first-order valence-electron chi connectivity index (χ1n) is 6.43. The molecule has 2 N–H and O–H groups in total.